The number of nitrogens with zero attached hydrogens (tertiary/aromatic N) is 2. The van der Waals surface area contributed by atoms with Crippen molar-refractivity contribution < 1.29 is 22.3 Å². The maximum Gasteiger partial charge on any atom is 0.270 e. The summed E-state index contributed by atoms with van der Waals surface area (Å²) < 4.78 is 55.1. The van der Waals surface area contributed by atoms with Crippen molar-refractivity contribution in [3.05, 3.63) is 66.2 Å². The lowest BCUT2D eigenvalue weighted by Gasteiger charge is -2.12. The van der Waals surface area contributed by atoms with Crippen molar-refractivity contribution in [2.75, 3.05) is 20.1 Å². The third-order valence-corrected chi connectivity index (χ3v) is 7.23. The molecule has 0 N–H and O–H groups in total. The summed E-state index contributed by atoms with van der Waals surface area (Å²) in [7, 11) is -1.12. The van der Waals surface area contributed by atoms with E-state index in [2.05, 4.69) is 0 Å². The lowest BCUT2D eigenvalue weighted by Crippen LogP contribution is -2.16. The van der Waals surface area contributed by atoms with E-state index in [4.69, 9.17) is 21.1 Å². The van der Waals surface area contributed by atoms with Gasteiger partial charge in [-0.2, -0.15) is 4.39 Å². The summed E-state index contributed by atoms with van der Waals surface area (Å²) >= 11 is 5.99. The lowest BCUT2D eigenvalue weighted by atomic mass is 10.1. The van der Waals surface area contributed by atoms with E-state index < -0.39 is 16.0 Å². The van der Waals surface area contributed by atoms with E-state index in [9.17, 15) is 12.8 Å². The molecule has 2 aromatic heterocycles. The first-order valence-corrected chi connectivity index (χ1v) is 11.8. The molecule has 0 aliphatic carbocycles. The predicted molar refractivity (Wildman–Crippen MR) is 123 cm³/mol. The maximum atomic E-state index is 14.9. The summed E-state index contributed by atoms with van der Waals surface area (Å²) in [4.78, 5) is 0.00296. The number of benzene rings is 2. The molecule has 2 heterocycles. The molecule has 0 amide bonds. The zero-order valence-electron chi connectivity index (χ0n) is 17.8. The summed E-state index contributed by atoms with van der Waals surface area (Å²) in [5.74, 6) is 0.465. The van der Waals surface area contributed by atoms with Crippen LogP contribution < -0.4 is 9.47 Å². The van der Waals surface area contributed by atoms with Crippen LogP contribution in [0.3, 0.4) is 0 Å². The van der Waals surface area contributed by atoms with Crippen molar-refractivity contribution in [1.29, 1.82) is 0 Å². The van der Waals surface area contributed by atoms with Crippen molar-refractivity contribution in [1.82, 2.24) is 8.54 Å². The number of methoxy groups -OCH3 is 2. The monoisotopic (exact) mass is 476 g/mol. The van der Waals surface area contributed by atoms with E-state index in [0.29, 0.717) is 34.9 Å². The molecule has 9 heteroatoms. The Bertz CT molecular complexity index is 1390. The molecule has 0 radical (unpaired) electrons. The van der Waals surface area contributed by atoms with Gasteiger partial charge in [0.15, 0.2) is 11.5 Å². The molecule has 6 nitrogen and oxygen atoms in total. The van der Waals surface area contributed by atoms with E-state index in [1.165, 1.54) is 32.4 Å². The van der Waals surface area contributed by atoms with Gasteiger partial charge in [-0.05, 0) is 37.3 Å². The second-order valence-corrected chi connectivity index (χ2v) is 9.44. The van der Waals surface area contributed by atoms with Crippen LogP contribution in [0.4, 0.5) is 4.39 Å². The minimum Gasteiger partial charge on any atom is -0.493 e. The van der Waals surface area contributed by atoms with Gasteiger partial charge in [-0.15, -0.1) is 11.6 Å². The number of hydrogen-bond acceptors (Lipinski definition) is 4. The van der Waals surface area contributed by atoms with Gasteiger partial charge in [0, 0.05) is 35.6 Å². The molecule has 4 aromatic rings. The third kappa shape index (κ3) is 3.63. The van der Waals surface area contributed by atoms with Crippen LogP contribution in [0.2, 0.25) is 0 Å². The first kappa shape index (κ1) is 22.2. The normalized spacial score (nSPS) is 11.8. The number of alkyl halides is 1. The highest BCUT2D eigenvalue weighted by atomic mass is 35.5. The van der Waals surface area contributed by atoms with Gasteiger partial charge in [-0.1, -0.05) is 17.7 Å². The van der Waals surface area contributed by atoms with Crippen LogP contribution in [0.15, 0.2) is 59.6 Å². The van der Waals surface area contributed by atoms with Crippen LogP contribution in [0.5, 0.6) is 11.5 Å². The second kappa shape index (κ2) is 8.52. The molecule has 0 spiro atoms. The SMILES string of the molecule is COc1cc2c(-c3ccc(F)n3S(=O)(=O)c3ccc(C)cc3)cn(CCCl)c2cc1OC. The summed E-state index contributed by atoms with van der Waals surface area (Å²) in [6.45, 7) is 2.33. The van der Waals surface area contributed by atoms with Crippen molar-refractivity contribution in [3.63, 3.8) is 0 Å². The Hall–Kier alpha value is -2.97. The smallest absolute Gasteiger partial charge is 0.270 e. The first-order valence-electron chi connectivity index (χ1n) is 9.82. The van der Waals surface area contributed by atoms with Crippen LogP contribution in [-0.4, -0.2) is 37.1 Å². The van der Waals surface area contributed by atoms with Crippen LogP contribution in [0.25, 0.3) is 22.2 Å². The van der Waals surface area contributed by atoms with E-state index in [1.807, 2.05) is 11.5 Å². The Morgan fingerprint density at radius 3 is 2.28 bits per heavy atom. The number of aryl methyl sites for hydroxylation is 2. The van der Waals surface area contributed by atoms with Gasteiger partial charge in [0.1, 0.15) is 0 Å². The summed E-state index contributed by atoms with van der Waals surface area (Å²) in [5.41, 5.74) is 2.40. The number of ether oxygens (including phenoxy) is 2. The molecule has 168 valence electrons. The van der Waals surface area contributed by atoms with Crippen molar-refractivity contribution in [2.45, 2.75) is 18.4 Å². The summed E-state index contributed by atoms with van der Waals surface area (Å²) in [6, 6.07) is 12.4. The zero-order valence-corrected chi connectivity index (χ0v) is 19.4. The number of aromatic nitrogens is 2. The molecule has 0 fully saturated rings. The average molecular weight is 477 g/mol. The maximum absolute atomic E-state index is 14.9. The van der Waals surface area contributed by atoms with Crippen LogP contribution in [0, 0.1) is 12.9 Å². The zero-order chi connectivity index (χ0) is 23.0. The minimum absolute atomic E-state index is 0.00296. The summed E-state index contributed by atoms with van der Waals surface area (Å²) in [5, 5.41) is 0.686. The van der Waals surface area contributed by atoms with Crippen LogP contribution in [-0.2, 0) is 16.6 Å². The Balaban J connectivity index is 1.99. The fourth-order valence-corrected chi connectivity index (χ4v) is 5.34. The minimum atomic E-state index is -4.17. The van der Waals surface area contributed by atoms with Crippen LogP contribution in [0.1, 0.15) is 5.56 Å². The van der Waals surface area contributed by atoms with Gasteiger partial charge in [0.25, 0.3) is 10.0 Å². The number of rotatable bonds is 7. The van der Waals surface area contributed by atoms with E-state index in [0.717, 1.165) is 21.1 Å². The molecule has 0 atom stereocenters. The molecule has 0 aliphatic rings. The van der Waals surface area contributed by atoms with Gasteiger partial charge in [0.05, 0.1) is 30.3 Å². The first-order chi connectivity index (χ1) is 15.3. The molecule has 0 bridgehead atoms. The van der Waals surface area contributed by atoms with Gasteiger partial charge in [-0.25, -0.2) is 12.4 Å². The fourth-order valence-electron chi connectivity index (χ4n) is 3.75. The third-order valence-electron chi connectivity index (χ3n) is 5.34. The fraction of sp³-hybridized carbons (Fsp3) is 0.217. The van der Waals surface area contributed by atoms with Crippen molar-refractivity contribution in [2.24, 2.45) is 0 Å². The number of halogens is 2. The molecule has 32 heavy (non-hydrogen) atoms. The van der Waals surface area contributed by atoms with Crippen LogP contribution >= 0.6 is 11.6 Å². The van der Waals surface area contributed by atoms with Crippen molar-refractivity contribution in [3.8, 4) is 22.8 Å². The Morgan fingerprint density at radius 2 is 1.66 bits per heavy atom. The highest BCUT2D eigenvalue weighted by Crippen LogP contribution is 2.39. The lowest BCUT2D eigenvalue weighted by molar-refractivity contribution is 0.355. The van der Waals surface area contributed by atoms with E-state index >= 15 is 0 Å². The Labute approximate surface area is 190 Å². The van der Waals surface area contributed by atoms with Crippen molar-refractivity contribution >= 4 is 32.5 Å². The second-order valence-electron chi connectivity index (χ2n) is 7.27. The Morgan fingerprint density at radius 1 is 1.00 bits per heavy atom. The predicted octanol–water partition coefficient (Wildman–Crippen LogP) is 5.05. The topological polar surface area (TPSA) is 62.5 Å². The molecule has 2 aromatic carbocycles. The average Bonchev–Trinajstić information content (AvgIpc) is 3.33. The van der Waals surface area contributed by atoms with E-state index in [-0.39, 0.29) is 10.6 Å². The number of fused-ring (bicyclic) bond motifs is 1. The molecule has 4 rings (SSSR count). The largest absolute Gasteiger partial charge is 0.493 e. The summed E-state index contributed by atoms with van der Waals surface area (Å²) in [6.07, 6.45) is 1.77. The standard InChI is InChI=1S/C23H22ClFN2O4S/c1-15-4-6-16(7-5-15)32(28,29)27-19(8-9-23(27)25)18-14-26(11-10-24)20-13-22(31-3)21(30-2)12-17(18)20/h4-9,12-14H,10-11H2,1-3H3. The highest BCUT2D eigenvalue weighted by Gasteiger charge is 2.26. The molecule has 0 unspecified atom stereocenters. The highest BCUT2D eigenvalue weighted by molar-refractivity contribution is 7.90. The molecule has 0 saturated heterocycles. The molecule has 0 saturated carbocycles. The van der Waals surface area contributed by atoms with Gasteiger partial charge in [-0.3, -0.25) is 0 Å². The van der Waals surface area contributed by atoms with Gasteiger partial charge < -0.3 is 14.0 Å². The van der Waals surface area contributed by atoms with Gasteiger partial charge in [0.2, 0.25) is 5.95 Å². The number of hydrogen-bond donors (Lipinski definition) is 0. The van der Waals surface area contributed by atoms with E-state index in [1.54, 1.807) is 30.5 Å². The molecule has 0 aliphatic heterocycles. The molecular formula is C23H22ClFN2O4S. The molecular weight excluding hydrogens is 455 g/mol. The Kier molecular flexibility index (Phi) is 5.92. The quantitative estimate of drug-likeness (QED) is 0.350. The van der Waals surface area contributed by atoms with Gasteiger partial charge >= 0.3 is 0 Å².